The molecule has 0 spiro atoms. The Morgan fingerprint density at radius 3 is 2.41 bits per heavy atom. The molecule has 0 aliphatic carbocycles. The Morgan fingerprint density at radius 1 is 0.926 bits per heavy atom. The largest absolute Gasteiger partial charge is 0.435 e. The zero-order valence-electron chi connectivity index (χ0n) is 13.7. The third kappa shape index (κ3) is 3.65. The summed E-state index contributed by atoms with van der Waals surface area (Å²) in [5.41, 5.74) is 2.84. The van der Waals surface area contributed by atoms with Crippen molar-refractivity contribution in [2.24, 2.45) is 0 Å². The monoisotopic (exact) mass is 416 g/mol. The van der Waals surface area contributed by atoms with Gasteiger partial charge in [0.25, 0.3) is 5.91 Å². The van der Waals surface area contributed by atoms with Gasteiger partial charge in [-0.3, -0.25) is 4.79 Å². The molecule has 0 saturated carbocycles. The zero-order chi connectivity index (χ0) is 19.0. The first-order valence-corrected chi connectivity index (χ1v) is 9.06. The van der Waals surface area contributed by atoms with Gasteiger partial charge in [0.15, 0.2) is 5.58 Å². The van der Waals surface area contributed by atoms with Gasteiger partial charge in [0.2, 0.25) is 5.89 Å². The smallest absolute Gasteiger partial charge is 0.257 e. The van der Waals surface area contributed by atoms with Crippen molar-refractivity contribution in [1.29, 1.82) is 0 Å². The summed E-state index contributed by atoms with van der Waals surface area (Å²) in [5.74, 6) is 0.134. The molecule has 0 bridgehead atoms. The SMILES string of the molecule is O=C(Nc1ccc(-c2nc3cc(Cl)cc(Cl)c3o2)cc1)c1ccccc1Cl. The number of oxazole rings is 1. The molecule has 0 saturated heterocycles. The molecule has 0 atom stereocenters. The number of carbonyl (C=O) groups is 1. The fourth-order valence-corrected chi connectivity index (χ4v) is 3.37. The van der Waals surface area contributed by atoms with Crippen molar-refractivity contribution in [2.45, 2.75) is 0 Å². The lowest BCUT2D eigenvalue weighted by Crippen LogP contribution is -2.12. The van der Waals surface area contributed by atoms with Crippen LogP contribution in [0.3, 0.4) is 0 Å². The highest BCUT2D eigenvalue weighted by Crippen LogP contribution is 2.32. The van der Waals surface area contributed by atoms with Gasteiger partial charge in [-0.25, -0.2) is 4.98 Å². The van der Waals surface area contributed by atoms with E-state index in [1.165, 1.54) is 0 Å². The van der Waals surface area contributed by atoms with Crippen LogP contribution in [0, 0.1) is 0 Å². The summed E-state index contributed by atoms with van der Waals surface area (Å²) in [6.45, 7) is 0. The van der Waals surface area contributed by atoms with Gasteiger partial charge < -0.3 is 9.73 Å². The molecule has 1 aromatic heterocycles. The second-order valence-electron chi connectivity index (χ2n) is 5.77. The van der Waals surface area contributed by atoms with E-state index >= 15 is 0 Å². The maximum atomic E-state index is 12.3. The minimum Gasteiger partial charge on any atom is -0.435 e. The minimum absolute atomic E-state index is 0.281. The van der Waals surface area contributed by atoms with Crippen LogP contribution in [0.25, 0.3) is 22.6 Å². The molecule has 0 unspecified atom stereocenters. The van der Waals surface area contributed by atoms with Crippen molar-refractivity contribution >= 4 is 57.5 Å². The molecule has 0 aliphatic rings. The van der Waals surface area contributed by atoms with Gasteiger partial charge in [-0.15, -0.1) is 0 Å². The molecule has 1 N–H and O–H groups in total. The van der Waals surface area contributed by atoms with E-state index in [2.05, 4.69) is 10.3 Å². The fraction of sp³-hybridized carbons (Fsp3) is 0. The number of nitrogens with one attached hydrogen (secondary N) is 1. The number of rotatable bonds is 3. The molecular formula is C20H11Cl3N2O2. The van der Waals surface area contributed by atoms with E-state index in [4.69, 9.17) is 39.2 Å². The van der Waals surface area contributed by atoms with Crippen molar-refractivity contribution in [1.82, 2.24) is 4.98 Å². The molecule has 134 valence electrons. The molecular weight excluding hydrogens is 407 g/mol. The number of amides is 1. The van der Waals surface area contributed by atoms with E-state index in [1.54, 1.807) is 60.7 Å². The number of hydrogen-bond donors (Lipinski definition) is 1. The topological polar surface area (TPSA) is 55.1 Å². The number of nitrogens with zero attached hydrogens (tertiary/aromatic N) is 1. The van der Waals surface area contributed by atoms with Crippen LogP contribution in [0.4, 0.5) is 5.69 Å². The third-order valence-electron chi connectivity index (χ3n) is 3.92. The molecule has 7 heteroatoms. The van der Waals surface area contributed by atoms with Crippen molar-refractivity contribution in [2.75, 3.05) is 5.32 Å². The van der Waals surface area contributed by atoms with Crippen LogP contribution < -0.4 is 5.32 Å². The summed E-state index contributed by atoms with van der Waals surface area (Å²) in [6.07, 6.45) is 0. The molecule has 4 aromatic rings. The average Bonchev–Trinajstić information content (AvgIpc) is 3.07. The molecule has 0 fully saturated rings. The normalized spacial score (nSPS) is 10.9. The Bertz CT molecular complexity index is 1150. The van der Waals surface area contributed by atoms with Crippen molar-refractivity contribution < 1.29 is 9.21 Å². The van der Waals surface area contributed by atoms with E-state index in [-0.39, 0.29) is 5.91 Å². The predicted molar refractivity (Wildman–Crippen MR) is 109 cm³/mol. The van der Waals surface area contributed by atoms with Crippen LogP contribution in [0.2, 0.25) is 15.1 Å². The highest BCUT2D eigenvalue weighted by atomic mass is 35.5. The highest BCUT2D eigenvalue weighted by molar-refractivity contribution is 6.38. The molecule has 3 aromatic carbocycles. The summed E-state index contributed by atoms with van der Waals surface area (Å²) >= 11 is 18.2. The van der Waals surface area contributed by atoms with Gasteiger partial charge in [0.1, 0.15) is 5.52 Å². The van der Waals surface area contributed by atoms with E-state index in [1.807, 2.05) is 0 Å². The lowest BCUT2D eigenvalue weighted by Gasteiger charge is -2.07. The summed E-state index contributed by atoms with van der Waals surface area (Å²) in [4.78, 5) is 16.7. The number of halogens is 3. The second kappa shape index (κ2) is 7.24. The van der Waals surface area contributed by atoms with Crippen LogP contribution in [-0.2, 0) is 0 Å². The number of carbonyl (C=O) groups excluding carboxylic acids is 1. The van der Waals surface area contributed by atoms with Gasteiger partial charge in [-0.05, 0) is 48.5 Å². The van der Waals surface area contributed by atoms with Gasteiger partial charge >= 0.3 is 0 Å². The first kappa shape index (κ1) is 17.9. The summed E-state index contributed by atoms with van der Waals surface area (Å²) < 4.78 is 5.74. The Morgan fingerprint density at radius 2 is 1.67 bits per heavy atom. The summed E-state index contributed by atoms with van der Waals surface area (Å²) in [5, 5.41) is 4.10. The molecule has 0 radical (unpaired) electrons. The Labute approximate surface area is 169 Å². The Kier molecular flexibility index (Phi) is 4.79. The molecule has 4 nitrogen and oxygen atoms in total. The number of fused-ring (bicyclic) bond motifs is 1. The first-order chi connectivity index (χ1) is 13.0. The second-order valence-corrected chi connectivity index (χ2v) is 7.02. The average molecular weight is 418 g/mol. The van der Waals surface area contributed by atoms with Crippen molar-refractivity contribution in [3.63, 3.8) is 0 Å². The lowest BCUT2D eigenvalue weighted by atomic mass is 10.2. The number of anilines is 1. The Hall–Kier alpha value is -2.53. The minimum atomic E-state index is -0.281. The number of hydrogen-bond acceptors (Lipinski definition) is 3. The maximum Gasteiger partial charge on any atom is 0.257 e. The van der Waals surface area contributed by atoms with Crippen LogP contribution >= 0.6 is 34.8 Å². The first-order valence-electron chi connectivity index (χ1n) is 7.93. The van der Waals surface area contributed by atoms with Gasteiger partial charge in [-0.1, -0.05) is 46.9 Å². The van der Waals surface area contributed by atoms with Gasteiger partial charge in [-0.2, -0.15) is 0 Å². The van der Waals surface area contributed by atoms with E-state index in [0.29, 0.717) is 43.3 Å². The fourth-order valence-electron chi connectivity index (χ4n) is 2.62. The van der Waals surface area contributed by atoms with Gasteiger partial charge in [0, 0.05) is 16.3 Å². The maximum absolute atomic E-state index is 12.3. The quantitative estimate of drug-likeness (QED) is 0.403. The highest BCUT2D eigenvalue weighted by Gasteiger charge is 2.13. The standard InChI is InChI=1S/C20H11Cl3N2O2/c21-12-9-16(23)18-17(10-12)25-20(27-18)11-5-7-13(8-6-11)24-19(26)14-3-1-2-4-15(14)22/h1-10H,(H,24,26). The van der Waals surface area contributed by atoms with Crippen LogP contribution in [0.15, 0.2) is 65.1 Å². The van der Waals surface area contributed by atoms with Crippen molar-refractivity contribution in [3.8, 4) is 11.5 Å². The Balaban J connectivity index is 1.58. The number of aromatic nitrogens is 1. The third-order valence-corrected chi connectivity index (χ3v) is 4.75. The van der Waals surface area contributed by atoms with Crippen LogP contribution in [-0.4, -0.2) is 10.9 Å². The van der Waals surface area contributed by atoms with Crippen LogP contribution in [0.5, 0.6) is 0 Å². The lowest BCUT2D eigenvalue weighted by molar-refractivity contribution is 0.102. The molecule has 1 amide bonds. The number of benzene rings is 3. The van der Waals surface area contributed by atoms with E-state index < -0.39 is 0 Å². The summed E-state index contributed by atoms with van der Waals surface area (Å²) in [6, 6.07) is 17.3. The van der Waals surface area contributed by atoms with E-state index in [0.717, 1.165) is 5.56 Å². The predicted octanol–water partition coefficient (Wildman–Crippen LogP) is 6.71. The zero-order valence-corrected chi connectivity index (χ0v) is 15.9. The molecule has 0 aliphatic heterocycles. The molecule has 27 heavy (non-hydrogen) atoms. The van der Waals surface area contributed by atoms with Gasteiger partial charge in [0.05, 0.1) is 15.6 Å². The van der Waals surface area contributed by atoms with E-state index in [9.17, 15) is 4.79 Å². The van der Waals surface area contributed by atoms with Crippen LogP contribution in [0.1, 0.15) is 10.4 Å². The molecule has 4 rings (SSSR count). The van der Waals surface area contributed by atoms with Crippen molar-refractivity contribution in [3.05, 3.63) is 81.3 Å². The summed E-state index contributed by atoms with van der Waals surface area (Å²) in [7, 11) is 0. The molecule has 1 heterocycles.